The highest BCUT2D eigenvalue weighted by atomic mass is 19.4. The van der Waals surface area contributed by atoms with E-state index in [9.17, 15) is 18.0 Å². The molecule has 1 N–H and O–H groups in total. The molecule has 0 aliphatic carbocycles. The average molecular weight is 306 g/mol. The van der Waals surface area contributed by atoms with Gasteiger partial charge in [0.2, 0.25) is 5.56 Å². The molecule has 0 saturated heterocycles. The number of halogens is 3. The largest absolute Gasteiger partial charge is 0.573 e. The molecule has 0 fully saturated rings. The molecule has 0 amide bonds. The van der Waals surface area contributed by atoms with E-state index in [0.717, 1.165) is 10.9 Å². The van der Waals surface area contributed by atoms with Crippen molar-refractivity contribution in [3.05, 3.63) is 59.0 Å². The summed E-state index contributed by atoms with van der Waals surface area (Å²) in [4.78, 5) is 17.9. The Bertz CT molecular complexity index is 870. The van der Waals surface area contributed by atoms with E-state index in [1.165, 1.54) is 36.5 Å². The molecule has 0 saturated carbocycles. The molecule has 0 aliphatic heterocycles. The number of aromatic nitrogens is 2. The zero-order valence-electron chi connectivity index (χ0n) is 11.0. The molecule has 0 aliphatic rings. The van der Waals surface area contributed by atoms with Gasteiger partial charge in [-0.25, -0.2) is 4.98 Å². The molecule has 3 rings (SSSR count). The SMILES string of the molecule is O=c1ccc2cc(-c3ccc(OC(F)(F)F)cc3)cnc2[nH]1. The first kappa shape index (κ1) is 14.1. The van der Waals surface area contributed by atoms with E-state index in [-0.39, 0.29) is 11.3 Å². The summed E-state index contributed by atoms with van der Waals surface area (Å²) in [5.41, 5.74) is 1.61. The number of rotatable bonds is 2. The first-order valence-electron chi connectivity index (χ1n) is 6.26. The fourth-order valence-corrected chi connectivity index (χ4v) is 2.04. The van der Waals surface area contributed by atoms with Crippen molar-refractivity contribution in [3.8, 4) is 16.9 Å². The summed E-state index contributed by atoms with van der Waals surface area (Å²) >= 11 is 0. The van der Waals surface area contributed by atoms with Crippen molar-refractivity contribution >= 4 is 11.0 Å². The number of pyridine rings is 2. The summed E-state index contributed by atoms with van der Waals surface area (Å²) in [6, 6.07) is 10.3. The Balaban J connectivity index is 1.94. The lowest BCUT2D eigenvalue weighted by atomic mass is 10.1. The van der Waals surface area contributed by atoms with Crippen LogP contribution in [0.2, 0.25) is 0 Å². The van der Waals surface area contributed by atoms with Crippen LogP contribution in [-0.4, -0.2) is 16.3 Å². The zero-order chi connectivity index (χ0) is 15.7. The second-order valence-corrected chi connectivity index (χ2v) is 4.56. The van der Waals surface area contributed by atoms with E-state index >= 15 is 0 Å². The number of aromatic amines is 1. The lowest BCUT2D eigenvalue weighted by molar-refractivity contribution is -0.274. The number of H-pyrrole nitrogens is 1. The molecule has 0 atom stereocenters. The van der Waals surface area contributed by atoms with Crippen LogP contribution in [0.4, 0.5) is 13.2 Å². The number of nitrogens with one attached hydrogen (secondary N) is 1. The van der Waals surface area contributed by atoms with Crippen molar-refractivity contribution in [2.45, 2.75) is 6.36 Å². The van der Waals surface area contributed by atoms with E-state index in [1.54, 1.807) is 12.1 Å². The highest BCUT2D eigenvalue weighted by molar-refractivity contribution is 5.80. The van der Waals surface area contributed by atoms with E-state index in [1.807, 2.05) is 0 Å². The highest BCUT2D eigenvalue weighted by Crippen LogP contribution is 2.27. The molecule has 4 nitrogen and oxygen atoms in total. The predicted octanol–water partition coefficient (Wildman–Crippen LogP) is 3.49. The summed E-state index contributed by atoms with van der Waals surface area (Å²) < 4.78 is 40.2. The molecule has 2 heterocycles. The fraction of sp³-hybridized carbons (Fsp3) is 0.0667. The van der Waals surface area contributed by atoms with Crippen LogP contribution < -0.4 is 10.3 Å². The van der Waals surface area contributed by atoms with Gasteiger partial charge in [0.1, 0.15) is 11.4 Å². The molecule has 2 aromatic heterocycles. The summed E-state index contributed by atoms with van der Waals surface area (Å²) in [6.45, 7) is 0. The van der Waals surface area contributed by atoms with Gasteiger partial charge in [0, 0.05) is 23.2 Å². The minimum absolute atomic E-state index is 0.249. The maximum absolute atomic E-state index is 12.1. The Morgan fingerprint density at radius 1 is 1.00 bits per heavy atom. The van der Waals surface area contributed by atoms with Crippen molar-refractivity contribution in [2.24, 2.45) is 0 Å². The maximum atomic E-state index is 12.1. The fourth-order valence-electron chi connectivity index (χ4n) is 2.04. The van der Waals surface area contributed by atoms with Crippen molar-refractivity contribution in [2.75, 3.05) is 0 Å². The lowest BCUT2D eigenvalue weighted by Crippen LogP contribution is -2.16. The third kappa shape index (κ3) is 3.08. The van der Waals surface area contributed by atoms with Crippen LogP contribution in [0.5, 0.6) is 5.75 Å². The van der Waals surface area contributed by atoms with Gasteiger partial charge in [0.15, 0.2) is 0 Å². The van der Waals surface area contributed by atoms with Gasteiger partial charge in [-0.05, 0) is 29.8 Å². The normalized spacial score (nSPS) is 11.6. The molecule has 0 spiro atoms. The van der Waals surface area contributed by atoms with E-state index < -0.39 is 6.36 Å². The predicted molar refractivity (Wildman–Crippen MR) is 74.5 cm³/mol. The summed E-state index contributed by atoms with van der Waals surface area (Å²) in [5.74, 6) is -0.283. The van der Waals surface area contributed by atoms with Gasteiger partial charge >= 0.3 is 6.36 Å². The molecule has 1 aromatic carbocycles. The topological polar surface area (TPSA) is 55.0 Å². The maximum Gasteiger partial charge on any atom is 0.573 e. The Hall–Kier alpha value is -2.83. The zero-order valence-corrected chi connectivity index (χ0v) is 11.0. The van der Waals surface area contributed by atoms with E-state index in [2.05, 4.69) is 14.7 Å². The number of ether oxygens (including phenoxy) is 1. The van der Waals surface area contributed by atoms with Gasteiger partial charge in [-0.2, -0.15) is 0 Å². The van der Waals surface area contributed by atoms with Crippen LogP contribution in [0.15, 0.2) is 53.5 Å². The monoisotopic (exact) mass is 306 g/mol. The molecule has 0 radical (unpaired) electrons. The minimum Gasteiger partial charge on any atom is -0.406 e. The molecule has 0 bridgehead atoms. The first-order valence-corrected chi connectivity index (χ1v) is 6.26. The van der Waals surface area contributed by atoms with Crippen molar-refractivity contribution < 1.29 is 17.9 Å². The highest BCUT2D eigenvalue weighted by Gasteiger charge is 2.30. The van der Waals surface area contributed by atoms with Crippen molar-refractivity contribution in [1.82, 2.24) is 9.97 Å². The van der Waals surface area contributed by atoms with Gasteiger partial charge in [0.25, 0.3) is 0 Å². The minimum atomic E-state index is -4.71. The van der Waals surface area contributed by atoms with E-state index in [4.69, 9.17) is 0 Å². The van der Waals surface area contributed by atoms with E-state index in [0.29, 0.717) is 11.2 Å². The first-order chi connectivity index (χ1) is 10.4. The van der Waals surface area contributed by atoms with Crippen LogP contribution >= 0.6 is 0 Å². The van der Waals surface area contributed by atoms with Crippen LogP contribution in [0.25, 0.3) is 22.2 Å². The number of benzene rings is 1. The number of alkyl halides is 3. The quantitative estimate of drug-likeness (QED) is 0.788. The number of fused-ring (bicyclic) bond motifs is 1. The smallest absolute Gasteiger partial charge is 0.406 e. The standard InChI is InChI=1S/C15H9F3N2O2/c16-15(17,18)22-12-4-1-9(2-5-12)11-7-10-3-6-13(21)20-14(10)19-8-11/h1-8H,(H,19,20,21). The number of nitrogens with zero attached hydrogens (tertiary/aromatic N) is 1. The Morgan fingerprint density at radius 2 is 1.73 bits per heavy atom. The van der Waals surface area contributed by atoms with Gasteiger partial charge in [0.05, 0.1) is 0 Å². The molecular weight excluding hydrogens is 297 g/mol. The van der Waals surface area contributed by atoms with Crippen LogP contribution in [-0.2, 0) is 0 Å². The Morgan fingerprint density at radius 3 is 2.41 bits per heavy atom. The van der Waals surface area contributed by atoms with Crippen LogP contribution in [0.1, 0.15) is 0 Å². The molecule has 3 aromatic rings. The molecule has 112 valence electrons. The summed E-state index contributed by atoms with van der Waals surface area (Å²) in [5, 5.41) is 0.729. The van der Waals surface area contributed by atoms with Crippen molar-refractivity contribution in [3.63, 3.8) is 0 Å². The molecule has 22 heavy (non-hydrogen) atoms. The van der Waals surface area contributed by atoms with Gasteiger partial charge < -0.3 is 9.72 Å². The lowest BCUT2D eigenvalue weighted by Gasteiger charge is -2.09. The van der Waals surface area contributed by atoms with Gasteiger partial charge in [-0.1, -0.05) is 12.1 Å². The van der Waals surface area contributed by atoms with Crippen LogP contribution in [0.3, 0.4) is 0 Å². The molecule has 7 heteroatoms. The third-order valence-electron chi connectivity index (χ3n) is 2.99. The summed E-state index contributed by atoms with van der Waals surface area (Å²) in [6.07, 6.45) is -3.17. The third-order valence-corrected chi connectivity index (χ3v) is 2.99. The van der Waals surface area contributed by atoms with Crippen LogP contribution in [0, 0.1) is 0 Å². The Kier molecular flexibility index (Phi) is 3.32. The van der Waals surface area contributed by atoms with Gasteiger partial charge in [-0.3, -0.25) is 4.79 Å². The number of hydrogen-bond acceptors (Lipinski definition) is 3. The summed E-state index contributed by atoms with van der Waals surface area (Å²) in [7, 11) is 0. The Labute approximate surface area is 122 Å². The molecule has 0 unspecified atom stereocenters. The van der Waals surface area contributed by atoms with Crippen molar-refractivity contribution in [1.29, 1.82) is 0 Å². The second-order valence-electron chi connectivity index (χ2n) is 4.56. The molecular formula is C15H9F3N2O2. The number of hydrogen-bond donors (Lipinski definition) is 1. The average Bonchev–Trinajstić information content (AvgIpc) is 2.46. The second kappa shape index (κ2) is 5.18. The van der Waals surface area contributed by atoms with Gasteiger partial charge in [-0.15, -0.1) is 13.2 Å².